The molecule has 2 heterocycles. The summed E-state index contributed by atoms with van der Waals surface area (Å²) in [5.41, 5.74) is 6.30. The average molecular weight is 273 g/mol. The highest BCUT2D eigenvalue weighted by Crippen LogP contribution is 2.29. The Morgan fingerprint density at radius 2 is 2.10 bits per heavy atom. The molecule has 1 aromatic rings. The molecule has 0 aromatic heterocycles. The monoisotopic (exact) mass is 273 g/mol. The summed E-state index contributed by atoms with van der Waals surface area (Å²) < 4.78 is 0. The fourth-order valence-electron chi connectivity index (χ4n) is 2.82. The van der Waals surface area contributed by atoms with E-state index in [1.165, 1.54) is 6.07 Å². The Hall–Kier alpha value is -2.21. The number of imide groups is 3. The molecule has 0 saturated carbocycles. The lowest BCUT2D eigenvalue weighted by Crippen LogP contribution is -2.48. The number of nitrogen functional groups attached to an aromatic ring is 1. The lowest BCUT2D eigenvalue weighted by Gasteiger charge is -2.20. The van der Waals surface area contributed by atoms with Crippen LogP contribution in [-0.4, -0.2) is 35.2 Å². The van der Waals surface area contributed by atoms with Gasteiger partial charge in [0, 0.05) is 5.69 Å². The molecule has 0 bridgehead atoms. The Kier molecular flexibility index (Phi) is 2.83. The van der Waals surface area contributed by atoms with Gasteiger partial charge in [-0.3, -0.25) is 14.4 Å². The van der Waals surface area contributed by atoms with E-state index >= 15 is 0 Å². The maximum absolute atomic E-state index is 12.4. The third-order valence-corrected chi connectivity index (χ3v) is 3.97. The second kappa shape index (κ2) is 4.42. The van der Waals surface area contributed by atoms with Crippen molar-refractivity contribution < 1.29 is 14.4 Å². The van der Waals surface area contributed by atoms with Gasteiger partial charge < -0.3 is 11.1 Å². The Morgan fingerprint density at radius 1 is 1.35 bits per heavy atom. The minimum absolute atomic E-state index is 0.101. The van der Waals surface area contributed by atoms with Crippen LogP contribution < -0.4 is 11.1 Å². The minimum atomic E-state index is -0.617. The summed E-state index contributed by atoms with van der Waals surface area (Å²) in [6.45, 7) is 2.64. The molecule has 0 aliphatic carbocycles. The predicted octanol–water partition coefficient (Wildman–Crippen LogP) is 0.389. The van der Waals surface area contributed by atoms with Crippen LogP contribution in [0, 0.1) is 5.92 Å². The molecule has 104 valence electrons. The standard InChI is InChI=1S/C14H15N3O3/c1-7-5-6-16-11(7)14(20)17-12(18)8-3-2-4-9(15)10(8)13(17)19/h2-4,7,11,16H,5-6,15H2,1H3. The quantitative estimate of drug-likeness (QED) is 0.570. The van der Waals surface area contributed by atoms with E-state index in [2.05, 4.69) is 5.32 Å². The molecular formula is C14H15N3O3. The summed E-state index contributed by atoms with van der Waals surface area (Å²) in [5, 5.41) is 3.04. The number of nitrogens with zero attached hydrogens (tertiary/aromatic N) is 1. The van der Waals surface area contributed by atoms with Crippen LogP contribution in [0.3, 0.4) is 0 Å². The van der Waals surface area contributed by atoms with Crippen molar-refractivity contribution in [3.05, 3.63) is 29.3 Å². The Morgan fingerprint density at radius 3 is 2.70 bits per heavy atom. The molecule has 0 radical (unpaired) electrons. The fraction of sp³-hybridized carbons (Fsp3) is 0.357. The van der Waals surface area contributed by atoms with Gasteiger partial charge in [-0.15, -0.1) is 0 Å². The number of anilines is 1. The summed E-state index contributed by atoms with van der Waals surface area (Å²) in [7, 11) is 0. The maximum Gasteiger partial charge on any atom is 0.270 e. The van der Waals surface area contributed by atoms with E-state index in [1.54, 1.807) is 12.1 Å². The second-order valence-electron chi connectivity index (χ2n) is 5.25. The predicted molar refractivity (Wildman–Crippen MR) is 71.9 cm³/mol. The first-order chi connectivity index (χ1) is 9.52. The fourth-order valence-corrected chi connectivity index (χ4v) is 2.82. The van der Waals surface area contributed by atoms with E-state index in [4.69, 9.17) is 5.73 Å². The first-order valence-electron chi connectivity index (χ1n) is 6.57. The van der Waals surface area contributed by atoms with Crippen molar-refractivity contribution in [1.29, 1.82) is 0 Å². The molecule has 3 N–H and O–H groups in total. The number of carbonyl (C=O) groups excluding carboxylic acids is 3. The summed E-state index contributed by atoms with van der Waals surface area (Å²) >= 11 is 0. The number of amides is 3. The first kappa shape index (κ1) is 12.8. The zero-order valence-electron chi connectivity index (χ0n) is 11.1. The van der Waals surface area contributed by atoms with Crippen molar-refractivity contribution in [3.8, 4) is 0 Å². The van der Waals surface area contributed by atoms with Gasteiger partial charge in [-0.1, -0.05) is 13.0 Å². The molecule has 2 atom stereocenters. The largest absolute Gasteiger partial charge is 0.398 e. The number of hydrogen-bond acceptors (Lipinski definition) is 5. The van der Waals surface area contributed by atoms with Crippen LogP contribution in [0.25, 0.3) is 0 Å². The maximum atomic E-state index is 12.4. The number of rotatable bonds is 1. The number of carbonyl (C=O) groups is 3. The van der Waals surface area contributed by atoms with E-state index in [-0.39, 0.29) is 22.7 Å². The Balaban J connectivity index is 1.98. The minimum Gasteiger partial charge on any atom is -0.398 e. The van der Waals surface area contributed by atoms with E-state index in [1.807, 2.05) is 6.92 Å². The molecular weight excluding hydrogens is 258 g/mol. The normalized spacial score (nSPS) is 25.1. The molecule has 6 heteroatoms. The van der Waals surface area contributed by atoms with Crippen LogP contribution in [-0.2, 0) is 4.79 Å². The summed E-state index contributed by atoms with van der Waals surface area (Å²) in [6, 6.07) is 4.18. The highest BCUT2D eigenvalue weighted by Gasteiger charge is 2.45. The molecule has 2 unspecified atom stereocenters. The van der Waals surface area contributed by atoms with Crippen LogP contribution >= 0.6 is 0 Å². The molecule has 0 spiro atoms. The number of nitrogens with two attached hydrogens (primary N) is 1. The topological polar surface area (TPSA) is 92.5 Å². The lowest BCUT2D eigenvalue weighted by atomic mass is 10.0. The van der Waals surface area contributed by atoms with Crippen molar-refractivity contribution in [2.75, 3.05) is 12.3 Å². The molecule has 6 nitrogen and oxygen atoms in total. The molecule has 2 aliphatic heterocycles. The highest BCUT2D eigenvalue weighted by atomic mass is 16.2. The Bertz CT molecular complexity index is 626. The molecule has 3 rings (SSSR count). The van der Waals surface area contributed by atoms with E-state index in [9.17, 15) is 14.4 Å². The zero-order valence-corrected chi connectivity index (χ0v) is 11.1. The van der Waals surface area contributed by atoms with E-state index in [0.29, 0.717) is 6.54 Å². The molecule has 20 heavy (non-hydrogen) atoms. The van der Waals surface area contributed by atoms with Gasteiger partial charge in [0.2, 0.25) is 0 Å². The zero-order chi connectivity index (χ0) is 14.4. The summed E-state index contributed by atoms with van der Waals surface area (Å²) in [4.78, 5) is 37.7. The smallest absolute Gasteiger partial charge is 0.270 e. The van der Waals surface area contributed by atoms with E-state index < -0.39 is 23.8 Å². The van der Waals surface area contributed by atoms with Crippen LogP contribution in [0.2, 0.25) is 0 Å². The lowest BCUT2D eigenvalue weighted by molar-refractivity contribution is -0.128. The number of benzene rings is 1. The first-order valence-corrected chi connectivity index (χ1v) is 6.57. The van der Waals surface area contributed by atoms with Crippen LogP contribution in [0.1, 0.15) is 34.1 Å². The summed E-state index contributed by atoms with van der Waals surface area (Å²) in [5.74, 6) is -1.58. The van der Waals surface area contributed by atoms with Gasteiger partial charge in [-0.25, -0.2) is 4.90 Å². The summed E-state index contributed by atoms with van der Waals surface area (Å²) in [6.07, 6.45) is 0.849. The van der Waals surface area contributed by atoms with Gasteiger partial charge in [0.25, 0.3) is 17.7 Å². The number of hydrogen-bond donors (Lipinski definition) is 2. The van der Waals surface area contributed by atoms with Crippen LogP contribution in [0.15, 0.2) is 18.2 Å². The molecule has 3 amide bonds. The molecule has 1 fully saturated rings. The third kappa shape index (κ3) is 1.65. The van der Waals surface area contributed by atoms with Gasteiger partial charge >= 0.3 is 0 Å². The second-order valence-corrected chi connectivity index (χ2v) is 5.25. The molecule has 1 aromatic carbocycles. The number of fused-ring (bicyclic) bond motifs is 1. The van der Waals surface area contributed by atoms with Gasteiger partial charge in [0.1, 0.15) is 0 Å². The van der Waals surface area contributed by atoms with Crippen molar-refractivity contribution in [1.82, 2.24) is 10.2 Å². The molecule has 2 aliphatic rings. The number of nitrogens with one attached hydrogen (secondary N) is 1. The van der Waals surface area contributed by atoms with Crippen molar-refractivity contribution >= 4 is 23.4 Å². The van der Waals surface area contributed by atoms with Gasteiger partial charge in [-0.2, -0.15) is 0 Å². The highest BCUT2D eigenvalue weighted by molar-refractivity contribution is 6.31. The van der Waals surface area contributed by atoms with Gasteiger partial charge in [0.05, 0.1) is 17.2 Å². The molecule has 1 saturated heterocycles. The van der Waals surface area contributed by atoms with Gasteiger partial charge in [-0.05, 0) is 31.0 Å². The SMILES string of the molecule is CC1CCNC1C(=O)N1C(=O)c2cccc(N)c2C1=O. The average Bonchev–Trinajstić information content (AvgIpc) is 2.93. The van der Waals surface area contributed by atoms with E-state index in [0.717, 1.165) is 11.3 Å². The van der Waals surface area contributed by atoms with Gasteiger partial charge in [0.15, 0.2) is 0 Å². The Labute approximate surface area is 115 Å². The van der Waals surface area contributed by atoms with Crippen molar-refractivity contribution in [3.63, 3.8) is 0 Å². The van der Waals surface area contributed by atoms with Crippen molar-refractivity contribution in [2.45, 2.75) is 19.4 Å². The van der Waals surface area contributed by atoms with Crippen molar-refractivity contribution in [2.24, 2.45) is 5.92 Å². The van der Waals surface area contributed by atoms with Crippen LogP contribution in [0.5, 0.6) is 0 Å². The third-order valence-electron chi connectivity index (χ3n) is 3.97. The van der Waals surface area contributed by atoms with Crippen LogP contribution in [0.4, 0.5) is 5.69 Å².